The van der Waals surface area contributed by atoms with Crippen molar-refractivity contribution >= 4 is 0 Å². The third-order valence-corrected chi connectivity index (χ3v) is 4.04. The lowest BCUT2D eigenvalue weighted by atomic mass is 9.99. The SMILES string of the molecule is COc1cccc(-c2cc(F)cc3c2OC(CCN)C3)c1OC. The Labute approximate surface area is 135 Å². The van der Waals surface area contributed by atoms with Gasteiger partial charge in [-0.1, -0.05) is 12.1 Å². The highest BCUT2D eigenvalue weighted by Crippen LogP contribution is 2.45. The molecule has 1 unspecified atom stereocenters. The van der Waals surface area contributed by atoms with Crippen LogP contribution in [0.4, 0.5) is 4.39 Å². The summed E-state index contributed by atoms with van der Waals surface area (Å²) in [6.45, 7) is 0.541. The summed E-state index contributed by atoms with van der Waals surface area (Å²) in [7, 11) is 3.14. The van der Waals surface area contributed by atoms with Crippen molar-refractivity contribution in [2.45, 2.75) is 18.9 Å². The third-order valence-electron chi connectivity index (χ3n) is 4.04. The topological polar surface area (TPSA) is 53.7 Å². The number of methoxy groups -OCH3 is 2. The molecule has 3 rings (SSSR count). The second kappa shape index (κ2) is 6.46. The van der Waals surface area contributed by atoms with Gasteiger partial charge in [0.1, 0.15) is 17.7 Å². The maximum Gasteiger partial charge on any atom is 0.168 e. The highest BCUT2D eigenvalue weighted by Gasteiger charge is 2.28. The largest absolute Gasteiger partial charge is 0.493 e. The molecule has 23 heavy (non-hydrogen) atoms. The molecule has 2 aromatic rings. The Morgan fingerprint density at radius 3 is 2.74 bits per heavy atom. The average molecular weight is 317 g/mol. The van der Waals surface area contributed by atoms with Crippen LogP contribution in [-0.4, -0.2) is 26.9 Å². The lowest BCUT2D eigenvalue weighted by Gasteiger charge is -2.16. The number of nitrogens with two attached hydrogens (primary N) is 1. The molecular weight excluding hydrogens is 297 g/mol. The fraction of sp³-hybridized carbons (Fsp3) is 0.333. The first-order valence-electron chi connectivity index (χ1n) is 7.58. The fourth-order valence-electron chi connectivity index (χ4n) is 3.04. The second-order valence-corrected chi connectivity index (χ2v) is 5.50. The van der Waals surface area contributed by atoms with E-state index in [-0.39, 0.29) is 11.9 Å². The molecule has 0 saturated carbocycles. The van der Waals surface area contributed by atoms with Crippen molar-refractivity contribution in [1.82, 2.24) is 0 Å². The van der Waals surface area contributed by atoms with Crippen LogP contribution in [0.5, 0.6) is 17.2 Å². The molecule has 0 saturated heterocycles. The van der Waals surface area contributed by atoms with Gasteiger partial charge in [0.05, 0.1) is 14.2 Å². The summed E-state index contributed by atoms with van der Waals surface area (Å²) >= 11 is 0. The van der Waals surface area contributed by atoms with Crippen LogP contribution in [0.3, 0.4) is 0 Å². The Morgan fingerprint density at radius 1 is 1.22 bits per heavy atom. The molecule has 1 aliphatic rings. The van der Waals surface area contributed by atoms with Crippen LogP contribution in [0.15, 0.2) is 30.3 Å². The van der Waals surface area contributed by atoms with E-state index in [1.807, 2.05) is 12.1 Å². The second-order valence-electron chi connectivity index (χ2n) is 5.50. The highest BCUT2D eigenvalue weighted by molar-refractivity contribution is 5.80. The van der Waals surface area contributed by atoms with Gasteiger partial charge in [-0.2, -0.15) is 0 Å². The normalized spacial score (nSPS) is 15.9. The molecule has 2 aromatic carbocycles. The Morgan fingerprint density at radius 2 is 2.04 bits per heavy atom. The van der Waals surface area contributed by atoms with Crippen molar-refractivity contribution in [2.24, 2.45) is 5.73 Å². The van der Waals surface area contributed by atoms with Crippen LogP contribution in [0.2, 0.25) is 0 Å². The first-order chi connectivity index (χ1) is 11.2. The van der Waals surface area contributed by atoms with Crippen LogP contribution in [0.1, 0.15) is 12.0 Å². The van der Waals surface area contributed by atoms with E-state index in [2.05, 4.69) is 0 Å². The number of hydrogen-bond acceptors (Lipinski definition) is 4. The first kappa shape index (κ1) is 15.6. The van der Waals surface area contributed by atoms with E-state index in [4.69, 9.17) is 19.9 Å². The predicted molar refractivity (Wildman–Crippen MR) is 86.7 cm³/mol. The van der Waals surface area contributed by atoms with E-state index in [9.17, 15) is 4.39 Å². The van der Waals surface area contributed by atoms with E-state index < -0.39 is 0 Å². The van der Waals surface area contributed by atoms with Crippen LogP contribution in [-0.2, 0) is 6.42 Å². The zero-order valence-electron chi connectivity index (χ0n) is 13.3. The maximum atomic E-state index is 14.1. The standard InChI is InChI=1S/C18H20FNO3/c1-21-16-5-3-4-14(18(16)22-2)15-10-12(19)8-11-9-13(6-7-20)23-17(11)15/h3-5,8,10,13H,6-7,9,20H2,1-2H3. The number of ether oxygens (including phenoxy) is 3. The molecule has 122 valence electrons. The zero-order chi connectivity index (χ0) is 16.4. The number of rotatable bonds is 5. The van der Waals surface area contributed by atoms with Gasteiger partial charge in [0.2, 0.25) is 0 Å². The summed E-state index contributed by atoms with van der Waals surface area (Å²) < 4.78 is 30.9. The fourth-order valence-corrected chi connectivity index (χ4v) is 3.04. The number of halogens is 1. The number of para-hydroxylation sites is 1. The van der Waals surface area contributed by atoms with Crippen molar-refractivity contribution in [3.8, 4) is 28.4 Å². The summed E-state index contributed by atoms with van der Waals surface area (Å²) in [5, 5.41) is 0. The van der Waals surface area contributed by atoms with Crippen molar-refractivity contribution < 1.29 is 18.6 Å². The Balaban J connectivity index is 2.13. The van der Waals surface area contributed by atoms with Crippen LogP contribution < -0.4 is 19.9 Å². The highest BCUT2D eigenvalue weighted by atomic mass is 19.1. The van der Waals surface area contributed by atoms with Gasteiger partial charge in [-0.25, -0.2) is 4.39 Å². The molecule has 5 heteroatoms. The van der Waals surface area contributed by atoms with E-state index >= 15 is 0 Å². The van der Waals surface area contributed by atoms with E-state index in [0.717, 1.165) is 17.5 Å². The number of hydrogen-bond donors (Lipinski definition) is 1. The lowest BCUT2D eigenvalue weighted by molar-refractivity contribution is 0.225. The molecule has 0 radical (unpaired) electrons. The Hall–Kier alpha value is -2.27. The first-order valence-corrected chi connectivity index (χ1v) is 7.58. The number of fused-ring (bicyclic) bond motifs is 1. The van der Waals surface area contributed by atoms with Crippen LogP contribution >= 0.6 is 0 Å². The lowest BCUT2D eigenvalue weighted by Crippen LogP contribution is -2.17. The summed E-state index contributed by atoms with van der Waals surface area (Å²) in [4.78, 5) is 0. The summed E-state index contributed by atoms with van der Waals surface area (Å²) in [6.07, 6.45) is 1.40. The zero-order valence-corrected chi connectivity index (χ0v) is 13.3. The van der Waals surface area contributed by atoms with Gasteiger partial charge in [0.25, 0.3) is 0 Å². The van der Waals surface area contributed by atoms with E-state index in [0.29, 0.717) is 35.8 Å². The third kappa shape index (κ3) is 2.84. The van der Waals surface area contributed by atoms with E-state index in [1.54, 1.807) is 20.3 Å². The molecular formula is C18H20FNO3. The predicted octanol–water partition coefficient (Wildman–Crippen LogP) is 3.16. The van der Waals surface area contributed by atoms with Crippen molar-refractivity contribution in [1.29, 1.82) is 0 Å². The quantitative estimate of drug-likeness (QED) is 0.920. The molecule has 2 N–H and O–H groups in total. The summed E-state index contributed by atoms with van der Waals surface area (Å²) in [5.74, 6) is 1.57. The van der Waals surface area contributed by atoms with Crippen molar-refractivity contribution in [2.75, 3.05) is 20.8 Å². The van der Waals surface area contributed by atoms with Gasteiger partial charge in [0, 0.05) is 23.1 Å². The van der Waals surface area contributed by atoms with Gasteiger partial charge in [0.15, 0.2) is 11.5 Å². The summed E-state index contributed by atoms with van der Waals surface area (Å²) in [6, 6.07) is 8.53. The number of benzene rings is 2. The molecule has 0 bridgehead atoms. The van der Waals surface area contributed by atoms with Gasteiger partial charge in [-0.15, -0.1) is 0 Å². The van der Waals surface area contributed by atoms with Gasteiger partial charge in [-0.05, 0) is 31.2 Å². The molecule has 4 nitrogen and oxygen atoms in total. The summed E-state index contributed by atoms with van der Waals surface area (Å²) in [5.41, 5.74) is 7.90. The smallest absolute Gasteiger partial charge is 0.168 e. The minimum atomic E-state index is -0.291. The van der Waals surface area contributed by atoms with Gasteiger partial charge >= 0.3 is 0 Å². The molecule has 0 fully saturated rings. The van der Waals surface area contributed by atoms with Crippen molar-refractivity contribution in [3.05, 3.63) is 41.7 Å². The monoisotopic (exact) mass is 317 g/mol. The van der Waals surface area contributed by atoms with E-state index in [1.165, 1.54) is 12.1 Å². The van der Waals surface area contributed by atoms with Gasteiger partial charge < -0.3 is 19.9 Å². The minimum absolute atomic E-state index is 0.00727. The molecule has 1 aliphatic heterocycles. The molecule has 1 atom stereocenters. The minimum Gasteiger partial charge on any atom is -0.493 e. The molecule has 0 aliphatic carbocycles. The molecule has 0 spiro atoms. The average Bonchev–Trinajstić information content (AvgIpc) is 2.95. The van der Waals surface area contributed by atoms with Crippen LogP contribution in [0, 0.1) is 5.82 Å². The van der Waals surface area contributed by atoms with Crippen LogP contribution in [0.25, 0.3) is 11.1 Å². The van der Waals surface area contributed by atoms with Crippen molar-refractivity contribution in [3.63, 3.8) is 0 Å². The molecule has 0 aromatic heterocycles. The molecule has 1 heterocycles. The molecule has 0 amide bonds. The Bertz CT molecular complexity index is 718. The van der Waals surface area contributed by atoms with Gasteiger partial charge in [-0.3, -0.25) is 0 Å². The Kier molecular flexibility index (Phi) is 4.39. The maximum absolute atomic E-state index is 14.1.